The smallest absolute Gasteiger partial charge is 0.412 e. The topological polar surface area (TPSA) is 220 Å². The van der Waals surface area contributed by atoms with Gasteiger partial charge in [0.25, 0.3) is 0 Å². The molecule has 0 aliphatic heterocycles. The van der Waals surface area contributed by atoms with Crippen molar-refractivity contribution in [1.29, 1.82) is 0 Å². The summed E-state index contributed by atoms with van der Waals surface area (Å²) in [6.07, 6.45) is 0. The summed E-state index contributed by atoms with van der Waals surface area (Å²) < 4.78 is 0. The van der Waals surface area contributed by atoms with Crippen LogP contribution in [0.15, 0.2) is 0 Å². The van der Waals surface area contributed by atoms with Crippen LogP contribution in [0.3, 0.4) is 0 Å². The maximum Gasteiger partial charge on any atom is 2.00 e. The van der Waals surface area contributed by atoms with Crippen molar-refractivity contribution in [2.24, 2.45) is 0 Å². The van der Waals surface area contributed by atoms with Gasteiger partial charge in [0.15, 0.2) is 0 Å². The van der Waals surface area contributed by atoms with Crippen molar-refractivity contribution < 1.29 is 55.1 Å². The fraction of sp³-hybridized carbons (Fsp3) is 0. The van der Waals surface area contributed by atoms with E-state index in [-0.39, 0.29) is 55.1 Å². The molecule has 0 aromatic heterocycles. The number of hydrogen-bond donors (Lipinski definition) is 0. The van der Waals surface area contributed by atoms with Crippen molar-refractivity contribution in [2.75, 3.05) is 0 Å². The molecule has 0 aromatic rings. The van der Waals surface area contributed by atoms with E-state index in [2.05, 4.69) is 0 Å². The van der Waals surface area contributed by atoms with Gasteiger partial charge in [0.2, 0.25) is 0 Å². The average Bonchev–Trinajstić information content (AvgIpc) is 0. The molecule has 0 unspecified atom stereocenters. The zero-order chi connectivity index (χ0) is 0. The van der Waals surface area contributed by atoms with Gasteiger partial charge in [-0.15, -0.1) is 0 Å². The van der Waals surface area contributed by atoms with Crippen LogP contribution in [0.1, 0.15) is 0 Å². The molecular weight excluding hydrogens is 171 g/mol. The summed E-state index contributed by atoms with van der Waals surface area (Å²) in [6.45, 7) is 0. The normalized spacial score (nSPS) is 0. The quantitative estimate of drug-likeness (QED) is 0.343. The van der Waals surface area contributed by atoms with E-state index in [0.29, 0.717) is 0 Å². The van der Waals surface area contributed by atoms with E-state index in [4.69, 9.17) is 0 Å². The van der Waals surface area contributed by atoms with Gasteiger partial charge < -0.3 is 38.3 Å². The van der Waals surface area contributed by atoms with Gasteiger partial charge in [0.05, 0.1) is 0 Å². The summed E-state index contributed by atoms with van der Waals surface area (Å²) in [5.41, 5.74) is 0. The van der Waals surface area contributed by atoms with Gasteiger partial charge in [-0.05, 0) is 0 Å². The molecule has 1 radical (unpaired) electrons. The summed E-state index contributed by atoms with van der Waals surface area (Å²) in [4.78, 5) is 0. The largest absolute Gasteiger partial charge is 2.00 e. The van der Waals surface area contributed by atoms with E-state index in [1.807, 2.05) is 0 Å². The molecule has 0 atom stereocenters. The van der Waals surface area contributed by atoms with Crippen LogP contribution in [0.5, 0.6) is 0 Å². The predicted molar refractivity (Wildman–Crippen MR) is 25.3 cm³/mol. The molecule has 7 nitrogen and oxygen atoms in total. The van der Waals surface area contributed by atoms with Crippen molar-refractivity contribution in [3.05, 3.63) is 0 Å². The molecule has 8 heteroatoms. The Bertz CT molecular complexity index is 4.35. The maximum absolute atomic E-state index is 0. The van der Waals surface area contributed by atoms with Crippen LogP contribution in [0.25, 0.3) is 0 Å². The molecular formula is H14CoO7+2. The Morgan fingerprint density at radius 2 is 0.250 bits per heavy atom. The second-order valence-corrected chi connectivity index (χ2v) is 0. The average molecular weight is 185 g/mol. The third-order valence-corrected chi connectivity index (χ3v) is 0. The van der Waals surface area contributed by atoms with Gasteiger partial charge >= 0.3 is 16.8 Å². The molecule has 0 aliphatic rings. The minimum Gasteiger partial charge on any atom is -0.412 e. The number of hydrogen-bond acceptors (Lipinski definition) is 0. The fourth-order valence-corrected chi connectivity index (χ4v) is 0. The van der Waals surface area contributed by atoms with Crippen molar-refractivity contribution in [3.63, 3.8) is 0 Å². The van der Waals surface area contributed by atoms with Gasteiger partial charge in [0.1, 0.15) is 0 Å². The zero-order valence-corrected chi connectivity index (χ0v) is 4.87. The Morgan fingerprint density at radius 3 is 0.250 bits per heavy atom. The third kappa shape index (κ3) is 3320. The Labute approximate surface area is 56.1 Å². The van der Waals surface area contributed by atoms with Crippen LogP contribution >= 0.6 is 0 Å². The standard InChI is InChI=1S/Co.7H2O/h;7*1H2/q+2;;;;;;;. The SMILES string of the molecule is O.O.O.O.O.O.O.[Co+2]. The predicted octanol–water partition coefficient (Wildman–Crippen LogP) is -5.78. The van der Waals surface area contributed by atoms with Crippen LogP contribution in [0.2, 0.25) is 0 Å². The van der Waals surface area contributed by atoms with E-state index < -0.39 is 0 Å². The molecule has 0 spiro atoms. The molecule has 14 N–H and O–H groups in total. The molecule has 0 saturated carbocycles. The molecule has 0 heterocycles. The molecule has 0 amide bonds. The van der Waals surface area contributed by atoms with Gasteiger partial charge in [-0.2, -0.15) is 0 Å². The first-order valence-corrected chi connectivity index (χ1v) is 0. The van der Waals surface area contributed by atoms with E-state index in [0.717, 1.165) is 0 Å². The van der Waals surface area contributed by atoms with E-state index in [9.17, 15) is 0 Å². The Morgan fingerprint density at radius 1 is 0.250 bits per heavy atom. The van der Waals surface area contributed by atoms with E-state index in [1.165, 1.54) is 0 Å². The van der Waals surface area contributed by atoms with Crippen molar-refractivity contribution >= 4 is 0 Å². The van der Waals surface area contributed by atoms with Crippen LogP contribution in [0, 0.1) is 0 Å². The van der Waals surface area contributed by atoms with Crippen LogP contribution in [-0.4, -0.2) is 38.3 Å². The third-order valence-electron chi connectivity index (χ3n) is 0. The molecule has 0 aliphatic carbocycles. The second-order valence-electron chi connectivity index (χ2n) is 0. The van der Waals surface area contributed by atoms with Crippen LogP contribution < -0.4 is 0 Å². The molecule has 0 aromatic carbocycles. The number of rotatable bonds is 0. The van der Waals surface area contributed by atoms with Crippen molar-refractivity contribution in [2.45, 2.75) is 0 Å². The summed E-state index contributed by atoms with van der Waals surface area (Å²) in [7, 11) is 0. The van der Waals surface area contributed by atoms with Gasteiger partial charge in [-0.3, -0.25) is 0 Å². The first-order chi connectivity index (χ1) is 0. The van der Waals surface area contributed by atoms with Gasteiger partial charge in [-0.25, -0.2) is 0 Å². The first-order valence-electron chi connectivity index (χ1n) is 0. The molecule has 0 rings (SSSR count). The van der Waals surface area contributed by atoms with Crippen LogP contribution in [-0.2, 0) is 16.8 Å². The van der Waals surface area contributed by atoms with E-state index in [1.54, 1.807) is 0 Å². The molecule has 0 bridgehead atoms. The Hall–Kier alpha value is 0.226. The summed E-state index contributed by atoms with van der Waals surface area (Å²) in [5, 5.41) is 0. The molecule has 63 valence electrons. The fourth-order valence-electron chi connectivity index (χ4n) is 0. The second kappa shape index (κ2) is 5460. The Balaban J connectivity index is 0. The van der Waals surface area contributed by atoms with Crippen molar-refractivity contribution in [1.82, 2.24) is 0 Å². The van der Waals surface area contributed by atoms with Crippen molar-refractivity contribution in [3.8, 4) is 0 Å². The zero-order valence-electron chi connectivity index (χ0n) is 3.83. The van der Waals surface area contributed by atoms with E-state index >= 15 is 0 Å². The Kier molecular flexibility index (Phi) is 5720000. The first kappa shape index (κ1) is 8370. The summed E-state index contributed by atoms with van der Waals surface area (Å²) >= 11 is 0. The monoisotopic (exact) mass is 185 g/mol. The summed E-state index contributed by atoms with van der Waals surface area (Å²) in [6, 6.07) is 0. The molecule has 0 saturated heterocycles. The van der Waals surface area contributed by atoms with Crippen LogP contribution in [0.4, 0.5) is 0 Å². The molecule has 8 heavy (non-hydrogen) atoms. The minimum atomic E-state index is 0. The molecule has 0 fully saturated rings. The minimum absolute atomic E-state index is 0. The van der Waals surface area contributed by atoms with Gasteiger partial charge in [-0.1, -0.05) is 0 Å². The maximum atomic E-state index is 0. The summed E-state index contributed by atoms with van der Waals surface area (Å²) in [5.74, 6) is 0. The van der Waals surface area contributed by atoms with Gasteiger partial charge in [0, 0.05) is 0 Å².